The lowest BCUT2D eigenvalue weighted by Gasteiger charge is -2.33. The number of rotatable bonds is 7. The lowest BCUT2D eigenvalue weighted by Crippen LogP contribution is -2.41. The lowest BCUT2D eigenvalue weighted by molar-refractivity contribution is 0.159. The minimum absolute atomic E-state index is 0. The van der Waals surface area contributed by atoms with Gasteiger partial charge in [-0.2, -0.15) is 11.8 Å². The second-order valence-electron chi connectivity index (χ2n) is 5.15. The second kappa shape index (κ2) is 13.0. The molecule has 1 aliphatic rings. The highest BCUT2D eigenvalue weighted by atomic mass is 127. The van der Waals surface area contributed by atoms with Gasteiger partial charge in [-0.05, 0) is 39.0 Å². The first-order valence-electron chi connectivity index (χ1n) is 7.45. The minimum atomic E-state index is 0. The van der Waals surface area contributed by atoms with Gasteiger partial charge in [-0.3, -0.25) is 4.99 Å². The van der Waals surface area contributed by atoms with Crippen molar-refractivity contribution in [3.05, 3.63) is 0 Å². The van der Waals surface area contributed by atoms with Crippen molar-refractivity contribution >= 4 is 41.7 Å². The second-order valence-corrected chi connectivity index (χ2v) is 6.14. The number of likely N-dealkylation sites (tertiary alicyclic amines) is 1. The van der Waals surface area contributed by atoms with Crippen molar-refractivity contribution in [3.8, 4) is 0 Å². The maximum absolute atomic E-state index is 4.23. The quantitative estimate of drug-likeness (QED) is 0.291. The average Bonchev–Trinajstić information content (AvgIpc) is 2.43. The van der Waals surface area contributed by atoms with Crippen LogP contribution in [-0.4, -0.2) is 62.1 Å². The van der Waals surface area contributed by atoms with Gasteiger partial charge in [0.05, 0.1) is 0 Å². The molecule has 1 unspecified atom stereocenters. The number of guanidine groups is 1. The van der Waals surface area contributed by atoms with Crippen LogP contribution >= 0.6 is 35.7 Å². The van der Waals surface area contributed by atoms with Gasteiger partial charge in [-0.15, -0.1) is 24.0 Å². The van der Waals surface area contributed by atoms with Crippen LogP contribution in [0.5, 0.6) is 0 Å². The summed E-state index contributed by atoms with van der Waals surface area (Å²) in [5, 5.41) is 6.71. The largest absolute Gasteiger partial charge is 0.356 e. The maximum Gasteiger partial charge on any atom is 0.191 e. The van der Waals surface area contributed by atoms with Crippen LogP contribution in [0.4, 0.5) is 0 Å². The molecule has 20 heavy (non-hydrogen) atoms. The van der Waals surface area contributed by atoms with Gasteiger partial charge in [0.25, 0.3) is 0 Å². The van der Waals surface area contributed by atoms with Crippen molar-refractivity contribution in [2.24, 2.45) is 4.99 Å². The monoisotopic (exact) mass is 414 g/mol. The first kappa shape index (κ1) is 20.3. The average molecular weight is 414 g/mol. The van der Waals surface area contributed by atoms with Gasteiger partial charge in [0, 0.05) is 38.5 Å². The molecule has 1 atom stereocenters. The molecule has 0 bridgehead atoms. The first-order valence-corrected chi connectivity index (χ1v) is 8.84. The molecular formula is C14H31IN4S. The van der Waals surface area contributed by atoms with Crippen LogP contribution in [0.2, 0.25) is 0 Å². The van der Waals surface area contributed by atoms with E-state index in [2.05, 4.69) is 33.7 Å². The summed E-state index contributed by atoms with van der Waals surface area (Å²) in [6, 6.07) is 0.771. The highest BCUT2D eigenvalue weighted by Crippen LogP contribution is 2.15. The van der Waals surface area contributed by atoms with E-state index in [1.165, 1.54) is 38.8 Å². The Hall–Kier alpha value is 0.310. The van der Waals surface area contributed by atoms with E-state index in [0.29, 0.717) is 0 Å². The van der Waals surface area contributed by atoms with Gasteiger partial charge >= 0.3 is 0 Å². The van der Waals surface area contributed by atoms with Gasteiger partial charge in [0.2, 0.25) is 0 Å². The molecule has 1 rings (SSSR count). The van der Waals surface area contributed by atoms with Gasteiger partial charge in [-0.1, -0.05) is 6.42 Å². The zero-order valence-electron chi connectivity index (χ0n) is 13.2. The zero-order valence-corrected chi connectivity index (χ0v) is 16.3. The summed E-state index contributed by atoms with van der Waals surface area (Å²) < 4.78 is 0. The topological polar surface area (TPSA) is 39.7 Å². The van der Waals surface area contributed by atoms with E-state index in [1.807, 2.05) is 18.8 Å². The van der Waals surface area contributed by atoms with Crippen LogP contribution in [0.25, 0.3) is 0 Å². The number of aliphatic imine (C=N–C) groups is 1. The Labute approximate surface area is 145 Å². The molecule has 1 heterocycles. The predicted molar refractivity (Wildman–Crippen MR) is 103 cm³/mol. The zero-order chi connectivity index (χ0) is 13.9. The van der Waals surface area contributed by atoms with Gasteiger partial charge in [0.15, 0.2) is 5.96 Å². The molecule has 0 spiro atoms. The lowest BCUT2D eigenvalue weighted by atomic mass is 10.0. The predicted octanol–water partition coefficient (Wildman–Crippen LogP) is 2.40. The number of nitrogens with one attached hydrogen (secondary N) is 2. The number of nitrogens with zero attached hydrogens (tertiary/aromatic N) is 2. The van der Waals surface area contributed by atoms with E-state index in [9.17, 15) is 0 Å². The number of halogens is 1. The Bertz CT molecular complexity index is 264. The van der Waals surface area contributed by atoms with Crippen molar-refractivity contribution in [1.82, 2.24) is 15.5 Å². The van der Waals surface area contributed by atoms with Crippen LogP contribution in [0.3, 0.4) is 0 Å². The minimum Gasteiger partial charge on any atom is -0.356 e. The summed E-state index contributed by atoms with van der Waals surface area (Å²) in [4.78, 5) is 6.85. The Kier molecular flexibility index (Phi) is 13.2. The molecule has 1 saturated heterocycles. The molecule has 0 aromatic carbocycles. The Morgan fingerprint density at radius 1 is 1.30 bits per heavy atom. The van der Waals surface area contributed by atoms with Crippen LogP contribution in [-0.2, 0) is 0 Å². The third-order valence-electron chi connectivity index (χ3n) is 3.68. The van der Waals surface area contributed by atoms with Crippen molar-refractivity contribution in [1.29, 1.82) is 0 Å². The number of thioether (sulfide) groups is 1. The van der Waals surface area contributed by atoms with Gasteiger partial charge in [-0.25, -0.2) is 0 Å². The fourth-order valence-electron chi connectivity index (χ4n) is 2.47. The highest BCUT2D eigenvalue weighted by Gasteiger charge is 2.16. The molecule has 0 amide bonds. The number of hydrogen-bond acceptors (Lipinski definition) is 3. The van der Waals surface area contributed by atoms with Crippen molar-refractivity contribution < 1.29 is 0 Å². The maximum atomic E-state index is 4.23. The molecule has 120 valence electrons. The van der Waals surface area contributed by atoms with Crippen molar-refractivity contribution in [3.63, 3.8) is 0 Å². The SMILES string of the molecule is CN=C(NCCCN1CCCCC1C)NCCSC.I. The Balaban J connectivity index is 0.00000361. The normalized spacial score (nSPS) is 20.4. The summed E-state index contributed by atoms with van der Waals surface area (Å²) in [5.41, 5.74) is 0. The summed E-state index contributed by atoms with van der Waals surface area (Å²) in [5.74, 6) is 2.05. The van der Waals surface area contributed by atoms with E-state index < -0.39 is 0 Å². The van der Waals surface area contributed by atoms with E-state index in [-0.39, 0.29) is 24.0 Å². The molecule has 1 aliphatic heterocycles. The Morgan fingerprint density at radius 2 is 2.05 bits per heavy atom. The first-order chi connectivity index (χ1) is 9.27. The fourth-order valence-corrected chi connectivity index (χ4v) is 2.78. The van der Waals surface area contributed by atoms with Crippen LogP contribution < -0.4 is 10.6 Å². The molecule has 0 radical (unpaired) electrons. The van der Waals surface area contributed by atoms with Crippen LogP contribution in [0, 0.1) is 0 Å². The standard InChI is InChI=1S/C14H30N4S.HI/c1-13-7-4-5-10-18(13)11-6-8-16-14(15-2)17-9-12-19-3;/h13H,4-12H2,1-3H3,(H2,15,16,17);1H. The van der Waals surface area contributed by atoms with Gasteiger partial charge < -0.3 is 15.5 Å². The third kappa shape index (κ3) is 8.56. The molecular weight excluding hydrogens is 383 g/mol. The molecule has 0 aromatic heterocycles. The smallest absolute Gasteiger partial charge is 0.191 e. The molecule has 2 N–H and O–H groups in total. The summed E-state index contributed by atoms with van der Waals surface area (Å²) in [7, 11) is 1.83. The number of hydrogen-bond donors (Lipinski definition) is 2. The van der Waals surface area contributed by atoms with Crippen LogP contribution in [0.15, 0.2) is 4.99 Å². The summed E-state index contributed by atoms with van der Waals surface area (Å²) >= 11 is 1.85. The van der Waals surface area contributed by atoms with Gasteiger partial charge in [0.1, 0.15) is 0 Å². The summed E-state index contributed by atoms with van der Waals surface area (Å²) in [6.07, 6.45) is 7.45. The Morgan fingerprint density at radius 3 is 2.70 bits per heavy atom. The molecule has 0 saturated carbocycles. The van der Waals surface area contributed by atoms with E-state index in [0.717, 1.165) is 30.8 Å². The molecule has 4 nitrogen and oxygen atoms in total. The molecule has 6 heteroatoms. The van der Waals surface area contributed by atoms with Crippen molar-refractivity contribution in [2.45, 2.75) is 38.6 Å². The molecule has 0 aromatic rings. The highest BCUT2D eigenvalue weighted by molar-refractivity contribution is 14.0. The fraction of sp³-hybridized carbons (Fsp3) is 0.929. The van der Waals surface area contributed by atoms with Crippen molar-refractivity contribution in [2.75, 3.05) is 45.2 Å². The summed E-state index contributed by atoms with van der Waals surface area (Å²) in [6.45, 7) is 6.82. The third-order valence-corrected chi connectivity index (χ3v) is 4.29. The number of piperidine rings is 1. The molecule has 1 fully saturated rings. The molecule has 0 aliphatic carbocycles. The van der Waals surface area contributed by atoms with Crippen LogP contribution in [0.1, 0.15) is 32.6 Å². The van der Waals surface area contributed by atoms with E-state index in [1.54, 1.807) is 0 Å². The van der Waals surface area contributed by atoms with E-state index >= 15 is 0 Å². The van der Waals surface area contributed by atoms with E-state index in [4.69, 9.17) is 0 Å².